The number of alkyl halides is 2. The molecule has 0 aromatic heterocycles. The molecule has 2 aliphatic carbocycles. The highest BCUT2D eigenvalue weighted by atomic mass is 35.5. The number of ether oxygens (including phenoxy) is 2. The molecule has 2 fully saturated rings. The standard InChI is InChI=1S/C41H54ClF2N5O7S/c1-27(2)45-57(53,54)46-38(51)41(52)21-37(50)47(3)16-5-4-8-35(55-18-17-48-24-40(43,44)25-48)32-12-9-29(32)22-49-23-39(26-56-36-14-10-30(41)20-34(36)49)15-6-7-28-19-31(42)11-13-33(28)39/h4,8,10-11,13-14,19-20,27,29,32,35,45,52H,5-7,9,12,15-18,21-26H2,1-3H3,(H,46,51)/b8-4+/t29-,32+,35-,39-,41+/m0/s1. The fraction of sp³-hybridized carbons (Fsp3) is 0.610. The zero-order valence-corrected chi connectivity index (χ0v) is 34.4. The number of halogens is 3. The van der Waals surface area contributed by atoms with Gasteiger partial charge in [0, 0.05) is 49.7 Å². The summed E-state index contributed by atoms with van der Waals surface area (Å²) >= 11 is 6.47. The highest BCUT2D eigenvalue weighted by Gasteiger charge is 2.48. The van der Waals surface area contributed by atoms with E-state index >= 15 is 0 Å². The molecule has 2 bridgehead atoms. The van der Waals surface area contributed by atoms with Crippen molar-refractivity contribution in [3.05, 3.63) is 70.3 Å². The summed E-state index contributed by atoms with van der Waals surface area (Å²) in [6, 6.07) is 10.3. The zero-order valence-electron chi connectivity index (χ0n) is 32.8. The number of nitrogens with zero attached hydrogens (tertiary/aromatic N) is 3. The molecule has 1 saturated carbocycles. The van der Waals surface area contributed by atoms with Crippen LogP contribution in [0.2, 0.25) is 5.02 Å². The van der Waals surface area contributed by atoms with Gasteiger partial charge in [0.05, 0.1) is 44.5 Å². The summed E-state index contributed by atoms with van der Waals surface area (Å²) in [7, 11) is -2.83. The number of benzene rings is 2. The third kappa shape index (κ3) is 9.13. The second-order valence-electron chi connectivity index (χ2n) is 17.0. The Bertz CT molecular complexity index is 1980. The van der Waals surface area contributed by atoms with E-state index in [1.165, 1.54) is 16.5 Å². The predicted octanol–water partition coefficient (Wildman–Crippen LogP) is 4.53. The van der Waals surface area contributed by atoms with Crippen molar-refractivity contribution in [3.63, 3.8) is 0 Å². The third-order valence-electron chi connectivity index (χ3n) is 12.3. The van der Waals surface area contributed by atoms with Crippen molar-refractivity contribution in [2.45, 2.75) is 87.9 Å². The summed E-state index contributed by atoms with van der Waals surface area (Å²) in [5.74, 6) is -3.65. The minimum Gasteiger partial charge on any atom is -0.490 e. The number of fused-ring (bicyclic) bond motifs is 4. The Morgan fingerprint density at radius 2 is 1.93 bits per heavy atom. The number of carbonyl (C=O) groups is 2. The van der Waals surface area contributed by atoms with Crippen LogP contribution in [0.25, 0.3) is 0 Å². The molecule has 2 aromatic carbocycles. The minimum atomic E-state index is -4.39. The highest BCUT2D eigenvalue weighted by molar-refractivity contribution is 7.88. The monoisotopic (exact) mass is 833 g/mol. The molecular formula is C41H54ClF2N5O7S. The lowest BCUT2D eigenvalue weighted by atomic mass is 9.68. The van der Waals surface area contributed by atoms with Gasteiger partial charge in [0.2, 0.25) is 5.91 Å². The Kier molecular flexibility index (Phi) is 12.0. The number of carbonyl (C=O) groups excluding carboxylic acids is 2. The first-order chi connectivity index (χ1) is 27.0. The fourth-order valence-corrected chi connectivity index (χ4v) is 10.4. The van der Waals surface area contributed by atoms with Crippen LogP contribution in [0.4, 0.5) is 14.5 Å². The van der Waals surface area contributed by atoms with Gasteiger partial charge in [-0.05, 0) is 105 Å². The van der Waals surface area contributed by atoms with Gasteiger partial charge in [-0.1, -0.05) is 35.9 Å². The Labute approximate surface area is 339 Å². The van der Waals surface area contributed by atoms with E-state index in [0.29, 0.717) is 55.7 Å². The minimum absolute atomic E-state index is 0.0514. The second kappa shape index (κ2) is 16.4. The van der Waals surface area contributed by atoms with Crippen molar-refractivity contribution in [3.8, 4) is 5.75 Å². The van der Waals surface area contributed by atoms with E-state index in [1.807, 2.05) is 29.0 Å². The fourth-order valence-electron chi connectivity index (χ4n) is 9.15. The summed E-state index contributed by atoms with van der Waals surface area (Å²) < 4.78 is 70.4. The van der Waals surface area contributed by atoms with Gasteiger partial charge >= 0.3 is 10.2 Å². The van der Waals surface area contributed by atoms with Crippen molar-refractivity contribution < 1.29 is 41.4 Å². The van der Waals surface area contributed by atoms with Gasteiger partial charge in [-0.3, -0.25) is 14.5 Å². The lowest BCUT2D eigenvalue weighted by Crippen LogP contribution is -2.57. The number of nitrogens with one attached hydrogen (secondary N) is 2. The molecule has 312 valence electrons. The number of anilines is 1. The summed E-state index contributed by atoms with van der Waals surface area (Å²) in [4.78, 5) is 33.1. The van der Waals surface area contributed by atoms with E-state index in [-0.39, 0.29) is 43.1 Å². The van der Waals surface area contributed by atoms with Crippen LogP contribution in [0.1, 0.15) is 69.1 Å². The number of aryl methyl sites for hydroxylation is 1. The lowest BCUT2D eigenvalue weighted by molar-refractivity contribution is -0.148. The molecule has 0 radical (unpaired) electrons. The maximum atomic E-state index is 14.0. The average molecular weight is 834 g/mol. The van der Waals surface area contributed by atoms with E-state index in [4.69, 9.17) is 21.1 Å². The van der Waals surface area contributed by atoms with E-state index in [9.17, 15) is 31.9 Å². The van der Waals surface area contributed by atoms with E-state index in [0.717, 1.165) is 37.7 Å². The molecule has 5 aliphatic rings. The molecule has 5 atom stereocenters. The summed E-state index contributed by atoms with van der Waals surface area (Å²) in [6.07, 6.45) is 7.92. The number of aliphatic hydroxyl groups is 1. The Morgan fingerprint density at radius 1 is 1.14 bits per heavy atom. The maximum Gasteiger partial charge on any atom is 0.301 e. The van der Waals surface area contributed by atoms with E-state index in [2.05, 4.69) is 15.7 Å². The van der Waals surface area contributed by atoms with Crippen LogP contribution >= 0.6 is 11.6 Å². The van der Waals surface area contributed by atoms with Crippen LogP contribution in [0.3, 0.4) is 0 Å². The molecule has 1 saturated heterocycles. The summed E-state index contributed by atoms with van der Waals surface area (Å²) in [5, 5.41) is 13.0. The van der Waals surface area contributed by atoms with Gasteiger partial charge in [-0.15, -0.1) is 0 Å². The molecule has 7 rings (SSSR count). The van der Waals surface area contributed by atoms with Crippen LogP contribution < -0.4 is 19.1 Å². The molecule has 3 aliphatic heterocycles. The third-order valence-corrected chi connectivity index (χ3v) is 13.7. The van der Waals surface area contributed by atoms with Crippen molar-refractivity contribution in [2.75, 3.05) is 64.4 Å². The van der Waals surface area contributed by atoms with Gasteiger partial charge in [-0.25, -0.2) is 13.5 Å². The number of rotatable bonds is 8. The van der Waals surface area contributed by atoms with Gasteiger partial charge in [0.1, 0.15) is 5.75 Å². The SMILES string of the molecule is CC(C)NS(=O)(=O)NC(=O)[C@@]1(O)CC(=O)N(C)CC/C=C/[C@H](OCCN2CC(F)(F)C2)[C@@H]2CC[C@H]2CN2C[C@@]3(CCCc4cc(Cl)ccc43)COc3ccc1cc32. The van der Waals surface area contributed by atoms with Gasteiger partial charge < -0.3 is 24.4 Å². The Morgan fingerprint density at radius 3 is 2.65 bits per heavy atom. The topological polar surface area (TPSA) is 141 Å². The number of hydrogen-bond acceptors (Lipinski definition) is 9. The number of amides is 2. The lowest BCUT2D eigenvalue weighted by Gasteiger charge is -2.46. The molecule has 16 heteroatoms. The first-order valence-electron chi connectivity index (χ1n) is 20.0. The van der Waals surface area contributed by atoms with Crippen LogP contribution in [0.5, 0.6) is 5.75 Å². The van der Waals surface area contributed by atoms with Crippen LogP contribution in [-0.4, -0.2) is 113 Å². The zero-order chi connectivity index (χ0) is 40.8. The van der Waals surface area contributed by atoms with Crippen molar-refractivity contribution in [1.29, 1.82) is 0 Å². The quantitative estimate of drug-likeness (QED) is 0.328. The maximum absolute atomic E-state index is 14.0. The van der Waals surface area contributed by atoms with Gasteiger partial charge in [0.15, 0.2) is 5.60 Å². The highest BCUT2D eigenvalue weighted by Crippen LogP contribution is 2.48. The Balaban J connectivity index is 1.27. The van der Waals surface area contributed by atoms with Gasteiger partial charge in [0.25, 0.3) is 11.8 Å². The van der Waals surface area contributed by atoms with Crippen molar-refractivity contribution >= 4 is 39.3 Å². The molecule has 0 unspecified atom stereocenters. The van der Waals surface area contributed by atoms with Crippen LogP contribution in [-0.2, 0) is 42.0 Å². The molecular weight excluding hydrogens is 780 g/mol. The summed E-state index contributed by atoms with van der Waals surface area (Å²) in [6.45, 7) is 5.14. The first kappa shape index (κ1) is 41.8. The van der Waals surface area contributed by atoms with Crippen LogP contribution in [0.15, 0.2) is 48.6 Å². The Hall–Kier alpha value is -3.34. The normalized spacial score (nSPS) is 29.7. The van der Waals surface area contributed by atoms with Crippen LogP contribution in [0, 0.1) is 11.8 Å². The van der Waals surface area contributed by atoms with Gasteiger partial charge in [-0.2, -0.15) is 13.1 Å². The number of likely N-dealkylation sites (tertiary alicyclic amines) is 1. The molecule has 57 heavy (non-hydrogen) atoms. The average Bonchev–Trinajstić information content (AvgIpc) is 3.26. The van der Waals surface area contributed by atoms with Crippen molar-refractivity contribution in [2.24, 2.45) is 11.8 Å². The first-order valence-corrected chi connectivity index (χ1v) is 21.8. The molecule has 3 N–H and O–H groups in total. The molecule has 12 nitrogen and oxygen atoms in total. The van der Waals surface area contributed by atoms with Crippen molar-refractivity contribution in [1.82, 2.24) is 19.2 Å². The molecule has 2 amide bonds. The molecule has 2 aromatic rings. The second-order valence-corrected chi connectivity index (χ2v) is 18.8. The smallest absolute Gasteiger partial charge is 0.301 e. The summed E-state index contributed by atoms with van der Waals surface area (Å²) in [5.41, 5.74) is 0.0112. The molecule has 3 heterocycles. The largest absolute Gasteiger partial charge is 0.490 e. The predicted molar refractivity (Wildman–Crippen MR) is 213 cm³/mol. The number of hydrogen-bond donors (Lipinski definition) is 3. The van der Waals surface area contributed by atoms with E-state index < -0.39 is 51.4 Å². The van der Waals surface area contributed by atoms with E-state index in [1.54, 1.807) is 37.9 Å². The molecule has 1 spiro atoms.